The fourth-order valence-corrected chi connectivity index (χ4v) is 2.42. The highest BCUT2D eigenvalue weighted by molar-refractivity contribution is 14.1. The molecule has 0 spiro atoms. The summed E-state index contributed by atoms with van der Waals surface area (Å²) in [7, 11) is 1.60. The fourth-order valence-electron chi connectivity index (χ4n) is 1.70. The molecular weight excluding hydrogens is 441 g/mol. The smallest absolute Gasteiger partial charge is 0.276 e. The number of carbonyl (C=O) groups excluding carboxylic acids is 1. The van der Waals surface area contributed by atoms with E-state index >= 15 is 0 Å². The zero-order valence-electron chi connectivity index (χ0n) is 12.8. The molecule has 0 saturated heterocycles. The third-order valence-electron chi connectivity index (χ3n) is 2.86. The Morgan fingerprint density at radius 1 is 1.12 bits per heavy atom. The maximum absolute atomic E-state index is 11.8. The van der Waals surface area contributed by atoms with Gasteiger partial charge >= 0.3 is 0 Å². The third-order valence-corrected chi connectivity index (χ3v) is 3.95. The standard InChI is InChI=1S/C16H16IN3O3S/c1-22-12-8-6-11(7-9-12)18-16(24)20-19-15(21)10-23-14-5-3-2-4-13(14)17/h2-9H,10H2,1H3,(H,19,21)(H2,18,20,24). The second-order valence-electron chi connectivity index (χ2n) is 4.57. The molecule has 0 bridgehead atoms. The molecule has 0 saturated carbocycles. The highest BCUT2D eigenvalue weighted by Crippen LogP contribution is 2.19. The molecule has 2 aromatic carbocycles. The molecule has 2 aromatic rings. The number of rotatable bonds is 5. The van der Waals surface area contributed by atoms with E-state index in [0.717, 1.165) is 15.0 Å². The predicted molar refractivity (Wildman–Crippen MR) is 105 cm³/mol. The van der Waals surface area contributed by atoms with E-state index in [-0.39, 0.29) is 17.6 Å². The van der Waals surface area contributed by atoms with E-state index in [1.165, 1.54) is 0 Å². The van der Waals surface area contributed by atoms with Gasteiger partial charge in [-0.1, -0.05) is 12.1 Å². The van der Waals surface area contributed by atoms with Crippen LogP contribution in [0.2, 0.25) is 0 Å². The summed E-state index contributed by atoms with van der Waals surface area (Å²) in [5, 5.41) is 3.21. The van der Waals surface area contributed by atoms with E-state index in [1.807, 2.05) is 30.3 Å². The number of hydrogen-bond donors (Lipinski definition) is 3. The van der Waals surface area contributed by atoms with Crippen LogP contribution in [0.3, 0.4) is 0 Å². The Balaban J connectivity index is 1.72. The van der Waals surface area contributed by atoms with Gasteiger partial charge in [-0.05, 0) is 71.2 Å². The summed E-state index contributed by atoms with van der Waals surface area (Å²) in [6.07, 6.45) is 0. The van der Waals surface area contributed by atoms with Crippen molar-refractivity contribution in [2.24, 2.45) is 0 Å². The maximum Gasteiger partial charge on any atom is 0.276 e. The number of hydrogen-bond acceptors (Lipinski definition) is 4. The molecule has 0 aliphatic carbocycles. The van der Waals surface area contributed by atoms with Crippen LogP contribution >= 0.6 is 34.8 Å². The molecule has 0 unspecified atom stereocenters. The summed E-state index contributed by atoms with van der Waals surface area (Å²) >= 11 is 7.25. The van der Waals surface area contributed by atoms with Gasteiger partial charge < -0.3 is 14.8 Å². The number of ether oxygens (including phenoxy) is 2. The Kier molecular flexibility index (Phi) is 7.07. The van der Waals surface area contributed by atoms with Crippen LogP contribution < -0.4 is 25.6 Å². The summed E-state index contributed by atoms with van der Waals surface area (Å²) in [5.41, 5.74) is 5.86. The number of nitrogens with one attached hydrogen (secondary N) is 3. The molecule has 1 amide bonds. The molecule has 0 aliphatic rings. The molecule has 0 fully saturated rings. The molecule has 0 heterocycles. The summed E-state index contributed by atoms with van der Waals surface area (Å²) < 4.78 is 11.5. The first-order valence-electron chi connectivity index (χ1n) is 6.95. The normalized spacial score (nSPS) is 9.75. The molecule has 126 valence electrons. The molecule has 0 aliphatic heterocycles. The minimum atomic E-state index is -0.339. The van der Waals surface area contributed by atoms with Crippen LogP contribution in [0.1, 0.15) is 0 Å². The molecule has 6 nitrogen and oxygen atoms in total. The summed E-state index contributed by atoms with van der Waals surface area (Å²) in [6, 6.07) is 14.7. The number of hydrazine groups is 1. The monoisotopic (exact) mass is 457 g/mol. The molecular formula is C16H16IN3O3S. The van der Waals surface area contributed by atoms with Crippen molar-refractivity contribution in [3.05, 3.63) is 52.1 Å². The number of para-hydroxylation sites is 1. The van der Waals surface area contributed by atoms with Gasteiger partial charge in [0, 0.05) is 5.69 Å². The number of amides is 1. The number of anilines is 1. The lowest BCUT2D eigenvalue weighted by molar-refractivity contribution is -0.123. The zero-order chi connectivity index (χ0) is 17.4. The molecule has 3 N–H and O–H groups in total. The fraction of sp³-hybridized carbons (Fsp3) is 0.125. The van der Waals surface area contributed by atoms with Crippen LogP contribution in [-0.2, 0) is 4.79 Å². The number of thiocarbonyl (C=S) groups is 1. The molecule has 8 heteroatoms. The molecule has 24 heavy (non-hydrogen) atoms. The van der Waals surface area contributed by atoms with Crippen LogP contribution in [0, 0.1) is 3.57 Å². The quantitative estimate of drug-likeness (QED) is 0.365. The lowest BCUT2D eigenvalue weighted by atomic mass is 10.3. The van der Waals surface area contributed by atoms with Gasteiger partial charge in [0.1, 0.15) is 11.5 Å². The van der Waals surface area contributed by atoms with Crippen molar-refractivity contribution < 1.29 is 14.3 Å². The van der Waals surface area contributed by atoms with Crippen molar-refractivity contribution in [2.75, 3.05) is 19.0 Å². The predicted octanol–water partition coefficient (Wildman–Crippen LogP) is 2.70. The second-order valence-corrected chi connectivity index (χ2v) is 6.15. The lowest BCUT2D eigenvalue weighted by Crippen LogP contribution is -2.45. The van der Waals surface area contributed by atoms with Gasteiger partial charge in [0.15, 0.2) is 11.7 Å². The largest absolute Gasteiger partial charge is 0.497 e. The van der Waals surface area contributed by atoms with Gasteiger partial charge in [0.2, 0.25) is 0 Å². The topological polar surface area (TPSA) is 71.6 Å². The van der Waals surface area contributed by atoms with Gasteiger partial charge in [-0.2, -0.15) is 0 Å². The van der Waals surface area contributed by atoms with Gasteiger partial charge in [0.25, 0.3) is 5.91 Å². The van der Waals surface area contributed by atoms with Gasteiger partial charge in [-0.25, -0.2) is 0 Å². The van der Waals surface area contributed by atoms with Crippen molar-refractivity contribution in [1.82, 2.24) is 10.9 Å². The van der Waals surface area contributed by atoms with Crippen LogP contribution in [0.15, 0.2) is 48.5 Å². The van der Waals surface area contributed by atoms with Crippen LogP contribution in [0.5, 0.6) is 11.5 Å². The Bertz CT molecular complexity index is 710. The average molecular weight is 457 g/mol. The Morgan fingerprint density at radius 3 is 2.50 bits per heavy atom. The van der Waals surface area contributed by atoms with E-state index in [1.54, 1.807) is 25.3 Å². The molecule has 0 atom stereocenters. The Hall–Kier alpha value is -2.07. The minimum Gasteiger partial charge on any atom is -0.497 e. The summed E-state index contributed by atoms with van der Waals surface area (Å²) in [6.45, 7) is -0.113. The second kappa shape index (κ2) is 9.28. The van der Waals surface area contributed by atoms with E-state index in [2.05, 4.69) is 38.8 Å². The van der Waals surface area contributed by atoms with E-state index in [4.69, 9.17) is 21.7 Å². The molecule has 0 aromatic heterocycles. The van der Waals surface area contributed by atoms with Gasteiger partial charge in [0.05, 0.1) is 10.7 Å². The van der Waals surface area contributed by atoms with Crippen molar-refractivity contribution in [2.45, 2.75) is 0 Å². The number of halogens is 1. The number of methoxy groups -OCH3 is 1. The third kappa shape index (κ3) is 5.85. The maximum atomic E-state index is 11.8. The van der Waals surface area contributed by atoms with Crippen molar-refractivity contribution in [3.8, 4) is 11.5 Å². The summed E-state index contributed by atoms with van der Waals surface area (Å²) in [4.78, 5) is 11.8. The Morgan fingerprint density at radius 2 is 1.83 bits per heavy atom. The van der Waals surface area contributed by atoms with E-state index in [9.17, 15) is 4.79 Å². The van der Waals surface area contributed by atoms with Crippen LogP contribution in [0.4, 0.5) is 5.69 Å². The number of benzene rings is 2. The highest BCUT2D eigenvalue weighted by atomic mass is 127. The first kappa shape index (κ1) is 18.3. The van der Waals surface area contributed by atoms with Crippen molar-refractivity contribution in [3.63, 3.8) is 0 Å². The van der Waals surface area contributed by atoms with Gasteiger partial charge in [-0.15, -0.1) is 0 Å². The van der Waals surface area contributed by atoms with E-state index < -0.39 is 0 Å². The average Bonchev–Trinajstić information content (AvgIpc) is 2.60. The Labute approximate surface area is 159 Å². The molecule has 2 rings (SSSR count). The summed E-state index contributed by atoms with van der Waals surface area (Å²) in [5.74, 6) is 1.07. The lowest BCUT2D eigenvalue weighted by Gasteiger charge is -2.12. The van der Waals surface area contributed by atoms with Crippen molar-refractivity contribution >= 4 is 51.5 Å². The van der Waals surface area contributed by atoms with Crippen molar-refractivity contribution in [1.29, 1.82) is 0 Å². The van der Waals surface area contributed by atoms with Crippen LogP contribution in [0.25, 0.3) is 0 Å². The number of carbonyl (C=O) groups is 1. The SMILES string of the molecule is COc1ccc(NC(=S)NNC(=O)COc2ccccc2I)cc1. The first-order chi connectivity index (χ1) is 11.6. The minimum absolute atomic E-state index is 0.113. The first-order valence-corrected chi connectivity index (χ1v) is 8.44. The van der Waals surface area contributed by atoms with Crippen LogP contribution in [-0.4, -0.2) is 24.7 Å². The van der Waals surface area contributed by atoms with E-state index in [0.29, 0.717) is 5.75 Å². The highest BCUT2D eigenvalue weighted by Gasteiger charge is 2.05. The zero-order valence-corrected chi connectivity index (χ0v) is 15.8. The van der Waals surface area contributed by atoms with Gasteiger partial charge in [-0.3, -0.25) is 15.6 Å². The molecule has 0 radical (unpaired) electrons.